The molecule has 2 N–H and O–H groups in total. The van der Waals surface area contributed by atoms with Crippen LogP contribution >= 0.6 is 11.6 Å². The van der Waals surface area contributed by atoms with Gasteiger partial charge in [-0.05, 0) is 30.3 Å². The Labute approximate surface area is 158 Å². The predicted octanol–water partition coefficient (Wildman–Crippen LogP) is 4.82. The van der Waals surface area contributed by atoms with Crippen molar-refractivity contribution in [2.24, 2.45) is 0 Å². The Morgan fingerprint density at radius 1 is 1.07 bits per heavy atom. The lowest BCUT2D eigenvalue weighted by molar-refractivity contribution is -0.253. The molecule has 5 nitrogen and oxygen atoms in total. The van der Waals surface area contributed by atoms with Crippen LogP contribution in [-0.2, 0) is 0 Å². The van der Waals surface area contributed by atoms with Crippen LogP contribution in [0.1, 0.15) is 10.4 Å². The highest BCUT2D eigenvalue weighted by molar-refractivity contribution is 6.32. The number of anilines is 1. The highest BCUT2D eigenvalue weighted by Crippen LogP contribution is 2.34. The smallest absolute Gasteiger partial charge is 0.427 e. The topological polar surface area (TPSA) is 67.4 Å². The van der Waals surface area contributed by atoms with Gasteiger partial charge in [0.1, 0.15) is 22.9 Å². The zero-order valence-electron chi connectivity index (χ0n) is 13.4. The van der Waals surface area contributed by atoms with E-state index in [1.54, 1.807) is 5.32 Å². The number of halogens is 7. The maximum atomic E-state index is 13.5. The number of imide groups is 1. The van der Waals surface area contributed by atoms with Gasteiger partial charge >= 0.3 is 18.6 Å². The molecule has 0 aromatic heterocycles. The molecule has 0 radical (unpaired) electrons. The molecule has 2 aromatic carbocycles. The summed E-state index contributed by atoms with van der Waals surface area (Å²) in [5.74, 6) is -4.57. The van der Waals surface area contributed by atoms with E-state index in [1.165, 1.54) is 0 Å². The van der Waals surface area contributed by atoms with E-state index in [9.17, 15) is 35.9 Å². The van der Waals surface area contributed by atoms with Crippen LogP contribution in [0, 0.1) is 11.6 Å². The van der Waals surface area contributed by atoms with E-state index in [0.29, 0.717) is 0 Å². The quantitative estimate of drug-likeness (QED) is 0.674. The highest BCUT2D eigenvalue weighted by atomic mass is 35.5. The van der Waals surface area contributed by atoms with Crippen molar-refractivity contribution in [3.8, 4) is 5.75 Å². The number of hydrogen-bond acceptors (Lipinski definition) is 3. The molecule has 3 amide bonds. The third-order valence-corrected chi connectivity index (χ3v) is 3.40. The average molecular weight is 427 g/mol. The molecule has 0 saturated heterocycles. The van der Waals surface area contributed by atoms with Gasteiger partial charge in [0.15, 0.2) is 0 Å². The fourth-order valence-corrected chi connectivity index (χ4v) is 2.11. The molecule has 0 aliphatic carbocycles. The lowest BCUT2D eigenvalue weighted by Crippen LogP contribution is -2.35. The molecule has 0 spiro atoms. The van der Waals surface area contributed by atoms with Crippen LogP contribution in [0.15, 0.2) is 36.4 Å². The fraction of sp³-hybridized carbons (Fsp3) is 0.125. The standard InChI is InChI=1S/C16H9ClF6N2O3/c17-8-6-7(4-5-11(8)28-16(22,23)14(20)21)24-15(27)25-13(26)12-9(18)2-1-3-10(12)19/h1-6,14H,(H2,24,25,26,27). The van der Waals surface area contributed by atoms with E-state index < -0.39 is 52.4 Å². The molecule has 0 atom stereocenters. The Morgan fingerprint density at radius 2 is 1.68 bits per heavy atom. The lowest BCUT2D eigenvalue weighted by atomic mass is 10.2. The van der Waals surface area contributed by atoms with Gasteiger partial charge in [0.25, 0.3) is 5.91 Å². The number of rotatable bonds is 5. The van der Waals surface area contributed by atoms with Gasteiger partial charge in [0.2, 0.25) is 0 Å². The first-order valence-corrected chi connectivity index (χ1v) is 7.60. The number of carbonyl (C=O) groups excluding carboxylic acids is 2. The van der Waals surface area contributed by atoms with Crippen molar-refractivity contribution in [3.05, 3.63) is 58.6 Å². The summed E-state index contributed by atoms with van der Waals surface area (Å²) >= 11 is 5.63. The first kappa shape index (κ1) is 21.4. The molecule has 2 aromatic rings. The second kappa shape index (κ2) is 8.38. The van der Waals surface area contributed by atoms with Crippen LogP contribution in [0.5, 0.6) is 5.75 Å². The summed E-state index contributed by atoms with van der Waals surface area (Å²) in [6, 6.07) is 4.00. The van der Waals surface area contributed by atoms with Crippen LogP contribution < -0.4 is 15.4 Å². The van der Waals surface area contributed by atoms with Crippen molar-refractivity contribution in [2.75, 3.05) is 5.32 Å². The van der Waals surface area contributed by atoms with Crippen LogP contribution in [0.2, 0.25) is 5.02 Å². The second-order valence-corrected chi connectivity index (χ2v) is 5.52. The highest BCUT2D eigenvalue weighted by Gasteiger charge is 2.44. The molecule has 0 unspecified atom stereocenters. The van der Waals surface area contributed by atoms with Gasteiger partial charge in [-0.15, -0.1) is 0 Å². The SMILES string of the molecule is O=C(NC(=O)c1c(F)cccc1F)Nc1ccc(OC(F)(F)C(F)F)c(Cl)c1. The number of amides is 3. The number of benzene rings is 2. The van der Waals surface area contributed by atoms with Crippen LogP contribution in [-0.4, -0.2) is 24.5 Å². The number of alkyl halides is 4. The van der Waals surface area contributed by atoms with Gasteiger partial charge in [-0.25, -0.2) is 13.6 Å². The van der Waals surface area contributed by atoms with Gasteiger partial charge in [-0.1, -0.05) is 17.7 Å². The van der Waals surface area contributed by atoms with Crippen molar-refractivity contribution in [1.29, 1.82) is 0 Å². The molecule has 0 aliphatic heterocycles. The summed E-state index contributed by atoms with van der Waals surface area (Å²) in [6.45, 7) is 0. The normalized spacial score (nSPS) is 11.3. The zero-order chi connectivity index (χ0) is 21.1. The fourth-order valence-electron chi connectivity index (χ4n) is 1.90. The summed E-state index contributed by atoms with van der Waals surface area (Å²) in [7, 11) is 0. The monoisotopic (exact) mass is 426 g/mol. The Kier molecular flexibility index (Phi) is 6.39. The van der Waals surface area contributed by atoms with Crippen LogP contribution in [0.25, 0.3) is 0 Å². The molecule has 0 bridgehead atoms. The largest absolute Gasteiger partial charge is 0.461 e. The van der Waals surface area contributed by atoms with Crippen molar-refractivity contribution in [2.45, 2.75) is 12.5 Å². The molecule has 12 heteroatoms. The van der Waals surface area contributed by atoms with Crippen LogP contribution in [0.3, 0.4) is 0 Å². The molecule has 150 valence electrons. The Balaban J connectivity index is 2.06. The van der Waals surface area contributed by atoms with Crippen LogP contribution in [0.4, 0.5) is 36.8 Å². The summed E-state index contributed by atoms with van der Waals surface area (Å²) in [4.78, 5) is 23.5. The van der Waals surface area contributed by atoms with Gasteiger partial charge in [0, 0.05) is 5.69 Å². The first-order valence-electron chi connectivity index (χ1n) is 7.22. The number of nitrogens with one attached hydrogen (secondary N) is 2. The third-order valence-electron chi connectivity index (χ3n) is 3.11. The average Bonchev–Trinajstić information content (AvgIpc) is 2.56. The van der Waals surface area contributed by atoms with E-state index in [2.05, 4.69) is 4.74 Å². The molecule has 28 heavy (non-hydrogen) atoms. The van der Waals surface area contributed by atoms with Gasteiger partial charge < -0.3 is 10.1 Å². The third kappa shape index (κ3) is 5.06. The maximum Gasteiger partial charge on any atom is 0.461 e. The van der Waals surface area contributed by atoms with E-state index in [4.69, 9.17) is 11.6 Å². The molecule has 0 saturated carbocycles. The zero-order valence-corrected chi connectivity index (χ0v) is 14.2. The summed E-state index contributed by atoms with van der Waals surface area (Å²) in [5.41, 5.74) is -1.15. The lowest BCUT2D eigenvalue weighted by Gasteiger charge is -2.18. The summed E-state index contributed by atoms with van der Waals surface area (Å²) in [6.07, 6.45) is -8.89. The Bertz CT molecular complexity index is 890. The Morgan fingerprint density at radius 3 is 2.21 bits per heavy atom. The Hall–Kier alpha value is -2.95. The van der Waals surface area contributed by atoms with Gasteiger partial charge in [-0.3, -0.25) is 10.1 Å². The first-order chi connectivity index (χ1) is 13.0. The van der Waals surface area contributed by atoms with E-state index >= 15 is 0 Å². The second-order valence-electron chi connectivity index (χ2n) is 5.11. The summed E-state index contributed by atoms with van der Waals surface area (Å²) < 4.78 is 80.8. The van der Waals surface area contributed by atoms with Crippen molar-refractivity contribution in [3.63, 3.8) is 0 Å². The van der Waals surface area contributed by atoms with Gasteiger partial charge in [0.05, 0.1) is 5.02 Å². The number of ether oxygens (including phenoxy) is 1. The summed E-state index contributed by atoms with van der Waals surface area (Å²) in [5, 5.41) is 3.14. The minimum Gasteiger partial charge on any atom is -0.427 e. The molecule has 2 rings (SSSR count). The van der Waals surface area contributed by atoms with Crippen molar-refractivity contribution in [1.82, 2.24) is 5.32 Å². The van der Waals surface area contributed by atoms with E-state index in [-0.39, 0.29) is 5.69 Å². The predicted molar refractivity (Wildman–Crippen MR) is 85.9 cm³/mol. The van der Waals surface area contributed by atoms with E-state index in [1.807, 2.05) is 5.32 Å². The van der Waals surface area contributed by atoms with Crippen molar-refractivity contribution >= 4 is 29.2 Å². The number of carbonyl (C=O) groups is 2. The molecular formula is C16H9ClF6N2O3. The molecular weight excluding hydrogens is 418 g/mol. The van der Waals surface area contributed by atoms with E-state index in [0.717, 1.165) is 36.4 Å². The number of urea groups is 1. The minimum absolute atomic E-state index is 0.156. The molecule has 0 heterocycles. The number of hydrogen-bond donors (Lipinski definition) is 2. The van der Waals surface area contributed by atoms with Gasteiger partial charge in [-0.2, -0.15) is 17.6 Å². The minimum atomic E-state index is -4.79. The van der Waals surface area contributed by atoms with Crippen molar-refractivity contribution < 1.29 is 40.7 Å². The molecule has 0 fully saturated rings. The maximum absolute atomic E-state index is 13.5. The molecule has 0 aliphatic rings.